The highest BCUT2D eigenvalue weighted by molar-refractivity contribution is 7.84. The molecule has 0 atom stereocenters. The Morgan fingerprint density at radius 3 is 2.62 bits per heavy atom. The lowest BCUT2D eigenvalue weighted by Crippen LogP contribution is -2.16. The smallest absolute Gasteiger partial charge is 0.258 e. The fourth-order valence-corrected chi connectivity index (χ4v) is 0.992. The number of nitrogens with two attached hydrogens (primary N) is 1. The summed E-state index contributed by atoms with van der Waals surface area (Å²) in [6.45, 7) is 1.52. The minimum atomic E-state index is -3.91. The van der Waals surface area contributed by atoms with Gasteiger partial charge in [-0.25, -0.2) is 5.14 Å². The predicted molar refractivity (Wildman–Crippen MR) is 44.7 cm³/mol. The third-order valence-corrected chi connectivity index (χ3v) is 1.79. The molecular formula is C6H9N3O3S. The highest BCUT2D eigenvalue weighted by Crippen LogP contribution is 2.02. The summed E-state index contributed by atoms with van der Waals surface area (Å²) in [5.41, 5.74) is 1.07. The Hall–Kier alpha value is -1.05. The summed E-state index contributed by atoms with van der Waals surface area (Å²) < 4.78 is 25.2. The summed E-state index contributed by atoms with van der Waals surface area (Å²) in [4.78, 5) is 7.78. The predicted octanol–water partition coefficient (Wildman–Crippen LogP) is -0.495. The largest absolute Gasteiger partial charge is 0.333 e. The molecule has 1 aromatic rings. The lowest BCUT2D eigenvalue weighted by atomic mass is 10.3. The molecular weight excluding hydrogens is 194 g/mol. The van der Waals surface area contributed by atoms with Gasteiger partial charge in [0.15, 0.2) is 0 Å². The molecule has 0 bridgehead atoms. The molecule has 6 nitrogen and oxygen atoms in total. The van der Waals surface area contributed by atoms with Gasteiger partial charge in [0.05, 0.1) is 11.4 Å². The maximum atomic E-state index is 10.4. The number of hydrogen-bond acceptors (Lipinski definition) is 5. The van der Waals surface area contributed by atoms with Gasteiger partial charge in [0.25, 0.3) is 0 Å². The second kappa shape index (κ2) is 3.77. The zero-order valence-corrected chi connectivity index (χ0v) is 7.78. The molecule has 0 aromatic carbocycles. The van der Waals surface area contributed by atoms with E-state index in [9.17, 15) is 8.42 Å². The molecule has 0 radical (unpaired) electrons. The molecule has 0 aliphatic rings. The fourth-order valence-electron chi connectivity index (χ4n) is 0.716. The van der Waals surface area contributed by atoms with Crippen molar-refractivity contribution in [3.8, 4) is 0 Å². The van der Waals surface area contributed by atoms with Crippen molar-refractivity contribution in [2.45, 2.75) is 13.5 Å². The van der Waals surface area contributed by atoms with Gasteiger partial charge in [-0.05, 0) is 6.92 Å². The first kappa shape index (κ1) is 10.0. The Balaban J connectivity index is 2.71. The number of nitrogens with zero attached hydrogens (tertiary/aromatic N) is 2. The zero-order chi connectivity index (χ0) is 9.90. The number of aromatic nitrogens is 2. The summed E-state index contributed by atoms with van der Waals surface area (Å²) in [7, 11) is -3.91. The topological polar surface area (TPSA) is 95.2 Å². The SMILES string of the molecule is Cc1nccnc1COS(N)(=O)=O. The van der Waals surface area contributed by atoms with Crippen LogP contribution in [0.5, 0.6) is 0 Å². The number of rotatable bonds is 3. The van der Waals surface area contributed by atoms with Gasteiger partial charge in [-0.1, -0.05) is 0 Å². The van der Waals surface area contributed by atoms with E-state index in [0.29, 0.717) is 11.4 Å². The van der Waals surface area contributed by atoms with Gasteiger partial charge < -0.3 is 0 Å². The van der Waals surface area contributed by atoms with E-state index in [2.05, 4.69) is 19.3 Å². The van der Waals surface area contributed by atoms with E-state index in [1.807, 2.05) is 0 Å². The highest BCUT2D eigenvalue weighted by Gasteiger charge is 2.06. The lowest BCUT2D eigenvalue weighted by Gasteiger charge is -2.01. The first-order chi connectivity index (χ1) is 5.99. The summed E-state index contributed by atoms with van der Waals surface area (Å²) in [5, 5.41) is 4.64. The Morgan fingerprint density at radius 1 is 1.46 bits per heavy atom. The molecule has 0 fully saturated rings. The van der Waals surface area contributed by atoms with Crippen molar-refractivity contribution < 1.29 is 12.6 Å². The number of hydrogen-bond donors (Lipinski definition) is 1. The minimum Gasteiger partial charge on any atom is -0.258 e. The second-order valence-corrected chi connectivity index (χ2v) is 3.56. The zero-order valence-electron chi connectivity index (χ0n) is 6.97. The van der Waals surface area contributed by atoms with Gasteiger partial charge in [0, 0.05) is 12.4 Å². The molecule has 72 valence electrons. The standard InChI is InChI=1S/C6H9N3O3S/c1-5-6(9-3-2-8-5)4-12-13(7,10)11/h2-3H,4H2,1H3,(H2,7,10,11). The molecule has 0 saturated carbocycles. The molecule has 0 spiro atoms. The normalized spacial score (nSPS) is 11.5. The fraction of sp³-hybridized carbons (Fsp3) is 0.333. The van der Waals surface area contributed by atoms with E-state index >= 15 is 0 Å². The third-order valence-electron chi connectivity index (χ3n) is 1.34. The Morgan fingerprint density at radius 2 is 2.08 bits per heavy atom. The average molecular weight is 203 g/mol. The molecule has 0 unspecified atom stereocenters. The Labute approximate surface area is 76.0 Å². The van der Waals surface area contributed by atoms with E-state index < -0.39 is 10.3 Å². The minimum absolute atomic E-state index is 0.182. The Bertz CT molecular complexity index is 390. The summed E-state index contributed by atoms with van der Waals surface area (Å²) in [6.07, 6.45) is 2.96. The quantitative estimate of drug-likeness (QED) is 0.714. The van der Waals surface area contributed by atoms with Crippen molar-refractivity contribution in [2.75, 3.05) is 0 Å². The van der Waals surface area contributed by atoms with Gasteiger partial charge in [0.1, 0.15) is 6.61 Å². The molecule has 1 rings (SSSR count). The molecule has 13 heavy (non-hydrogen) atoms. The summed E-state index contributed by atoms with van der Waals surface area (Å²) in [6, 6.07) is 0. The van der Waals surface area contributed by atoms with Crippen LogP contribution >= 0.6 is 0 Å². The van der Waals surface area contributed by atoms with Crippen LogP contribution in [-0.4, -0.2) is 18.4 Å². The van der Waals surface area contributed by atoms with Gasteiger partial charge in [0.2, 0.25) is 0 Å². The van der Waals surface area contributed by atoms with Crippen LogP contribution in [0.1, 0.15) is 11.4 Å². The number of aryl methyl sites for hydroxylation is 1. The van der Waals surface area contributed by atoms with Crippen LogP contribution in [0.25, 0.3) is 0 Å². The first-order valence-electron chi connectivity index (χ1n) is 3.42. The molecule has 1 heterocycles. The summed E-state index contributed by atoms with van der Waals surface area (Å²) in [5.74, 6) is 0. The maximum Gasteiger partial charge on any atom is 0.333 e. The molecule has 7 heteroatoms. The molecule has 0 amide bonds. The van der Waals surface area contributed by atoms with E-state index in [4.69, 9.17) is 0 Å². The van der Waals surface area contributed by atoms with E-state index in [0.717, 1.165) is 0 Å². The van der Waals surface area contributed by atoms with Crippen molar-refractivity contribution in [3.63, 3.8) is 0 Å². The third kappa shape index (κ3) is 3.45. The maximum absolute atomic E-state index is 10.4. The van der Waals surface area contributed by atoms with Crippen molar-refractivity contribution in [1.82, 2.24) is 9.97 Å². The van der Waals surface area contributed by atoms with Crippen molar-refractivity contribution in [2.24, 2.45) is 5.14 Å². The van der Waals surface area contributed by atoms with Gasteiger partial charge in [-0.2, -0.15) is 8.42 Å². The average Bonchev–Trinajstić information content (AvgIpc) is 2.01. The first-order valence-corrected chi connectivity index (χ1v) is 4.90. The molecule has 0 aliphatic heterocycles. The molecule has 2 N–H and O–H groups in total. The lowest BCUT2D eigenvalue weighted by molar-refractivity contribution is 0.302. The van der Waals surface area contributed by atoms with Crippen molar-refractivity contribution in [3.05, 3.63) is 23.8 Å². The molecule has 1 aromatic heterocycles. The Kier molecular flexibility index (Phi) is 2.91. The van der Waals surface area contributed by atoms with Crippen LogP contribution in [-0.2, 0) is 21.1 Å². The van der Waals surface area contributed by atoms with Crippen molar-refractivity contribution in [1.29, 1.82) is 0 Å². The molecule has 0 aliphatic carbocycles. The monoisotopic (exact) mass is 203 g/mol. The van der Waals surface area contributed by atoms with Crippen LogP contribution in [0.4, 0.5) is 0 Å². The summed E-state index contributed by atoms with van der Waals surface area (Å²) >= 11 is 0. The van der Waals surface area contributed by atoms with Crippen LogP contribution in [0.15, 0.2) is 12.4 Å². The van der Waals surface area contributed by atoms with E-state index in [1.165, 1.54) is 12.4 Å². The van der Waals surface area contributed by atoms with Crippen LogP contribution in [0.3, 0.4) is 0 Å². The van der Waals surface area contributed by atoms with E-state index in [-0.39, 0.29) is 6.61 Å². The van der Waals surface area contributed by atoms with Crippen LogP contribution < -0.4 is 5.14 Å². The van der Waals surface area contributed by atoms with Gasteiger partial charge in [-0.3, -0.25) is 14.2 Å². The highest BCUT2D eigenvalue weighted by atomic mass is 32.2. The van der Waals surface area contributed by atoms with Gasteiger partial charge in [-0.15, -0.1) is 0 Å². The van der Waals surface area contributed by atoms with Crippen LogP contribution in [0.2, 0.25) is 0 Å². The van der Waals surface area contributed by atoms with Gasteiger partial charge >= 0.3 is 10.3 Å². The molecule has 0 saturated heterocycles. The van der Waals surface area contributed by atoms with Crippen molar-refractivity contribution >= 4 is 10.3 Å². The second-order valence-electron chi connectivity index (χ2n) is 2.34. The van der Waals surface area contributed by atoms with E-state index in [1.54, 1.807) is 6.92 Å². The van der Waals surface area contributed by atoms with Crippen LogP contribution in [0, 0.1) is 6.92 Å².